The molecule has 5 rings (SSSR count). The lowest BCUT2D eigenvalue weighted by atomic mass is 9.81. The molecule has 2 saturated carbocycles. The Morgan fingerprint density at radius 2 is 1.62 bits per heavy atom. The second kappa shape index (κ2) is 9.46. The number of rotatable bonds is 6. The van der Waals surface area contributed by atoms with Crippen molar-refractivity contribution in [2.75, 3.05) is 6.54 Å². The smallest absolute Gasteiger partial charge is 0.255 e. The highest BCUT2D eigenvalue weighted by atomic mass is 35.5. The summed E-state index contributed by atoms with van der Waals surface area (Å²) >= 11 is 6.20. The molecular formula is C28H28ClN2O. The number of benzene rings is 2. The highest BCUT2D eigenvalue weighted by molar-refractivity contribution is 6.30. The lowest BCUT2D eigenvalue weighted by Crippen LogP contribution is -2.43. The van der Waals surface area contributed by atoms with Crippen LogP contribution >= 0.6 is 11.6 Å². The maximum absolute atomic E-state index is 13.6. The van der Waals surface area contributed by atoms with Gasteiger partial charge >= 0.3 is 0 Å². The molecule has 3 aromatic rings. The minimum atomic E-state index is 0.124. The van der Waals surface area contributed by atoms with Gasteiger partial charge in [0, 0.05) is 41.5 Å². The van der Waals surface area contributed by atoms with Crippen LogP contribution in [0.4, 0.5) is 0 Å². The van der Waals surface area contributed by atoms with Crippen LogP contribution in [0.2, 0.25) is 5.02 Å². The average molecular weight is 444 g/mol. The maximum atomic E-state index is 13.6. The molecule has 0 N–H and O–H groups in total. The topological polar surface area (TPSA) is 33.2 Å². The molecular weight excluding hydrogens is 416 g/mol. The summed E-state index contributed by atoms with van der Waals surface area (Å²) in [6.45, 7) is 0.867. The molecule has 3 nitrogen and oxygen atoms in total. The largest absolute Gasteiger partial charge is 0.335 e. The summed E-state index contributed by atoms with van der Waals surface area (Å²) in [5.74, 6) is 2.23. The molecule has 0 spiro atoms. The summed E-state index contributed by atoms with van der Waals surface area (Å²) in [6.07, 6.45) is 10.1. The lowest BCUT2D eigenvalue weighted by molar-refractivity contribution is 0.0629. The number of hydrogen-bond donors (Lipinski definition) is 0. The molecule has 0 atom stereocenters. The molecule has 0 unspecified atom stereocenters. The average Bonchev–Trinajstić information content (AvgIpc) is 3.67. The zero-order valence-electron chi connectivity index (χ0n) is 18.2. The number of halogens is 1. The second-order valence-electron chi connectivity index (χ2n) is 9.07. The van der Waals surface area contributed by atoms with Gasteiger partial charge in [-0.3, -0.25) is 9.78 Å². The van der Waals surface area contributed by atoms with Gasteiger partial charge < -0.3 is 4.90 Å². The molecule has 163 valence electrons. The van der Waals surface area contributed by atoms with E-state index in [2.05, 4.69) is 34.1 Å². The van der Waals surface area contributed by atoms with Gasteiger partial charge in [0.05, 0.1) is 5.56 Å². The molecule has 0 aliphatic heterocycles. The Morgan fingerprint density at radius 1 is 0.875 bits per heavy atom. The molecule has 2 fully saturated rings. The first-order valence-electron chi connectivity index (χ1n) is 11.6. The number of nitrogens with zero attached hydrogens (tertiary/aromatic N) is 2. The lowest BCUT2D eigenvalue weighted by Gasteiger charge is -2.37. The van der Waals surface area contributed by atoms with Gasteiger partial charge in [0.1, 0.15) is 0 Å². The Hall–Kier alpha value is -2.65. The molecule has 0 saturated heterocycles. The summed E-state index contributed by atoms with van der Waals surface area (Å²) in [5.41, 5.74) is 4.01. The number of hydrogen-bond acceptors (Lipinski definition) is 2. The van der Waals surface area contributed by atoms with Crippen LogP contribution in [0.25, 0.3) is 11.1 Å². The van der Waals surface area contributed by atoms with Crippen LogP contribution < -0.4 is 0 Å². The molecule has 2 aliphatic carbocycles. The zero-order valence-corrected chi connectivity index (χ0v) is 19.0. The van der Waals surface area contributed by atoms with E-state index in [4.69, 9.17) is 11.6 Å². The van der Waals surface area contributed by atoms with Crippen LogP contribution in [0.15, 0.2) is 73.1 Å². The van der Waals surface area contributed by atoms with Crippen molar-refractivity contribution < 1.29 is 4.79 Å². The van der Waals surface area contributed by atoms with Gasteiger partial charge in [-0.25, -0.2) is 0 Å². The van der Waals surface area contributed by atoms with Crippen LogP contribution in [-0.2, 0) is 0 Å². The second-order valence-corrected chi connectivity index (χ2v) is 9.51. The van der Waals surface area contributed by atoms with Crippen LogP contribution in [0.3, 0.4) is 0 Å². The van der Waals surface area contributed by atoms with E-state index in [0.717, 1.165) is 48.4 Å². The van der Waals surface area contributed by atoms with Crippen LogP contribution in [0, 0.1) is 11.8 Å². The highest BCUT2D eigenvalue weighted by Gasteiger charge is 2.34. The Morgan fingerprint density at radius 3 is 2.34 bits per heavy atom. The molecule has 4 heteroatoms. The maximum Gasteiger partial charge on any atom is 0.255 e. The monoisotopic (exact) mass is 443 g/mol. The van der Waals surface area contributed by atoms with E-state index in [1.165, 1.54) is 24.3 Å². The van der Waals surface area contributed by atoms with E-state index in [-0.39, 0.29) is 11.9 Å². The van der Waals surface area contributed by atoms with Gasteiger partial charge in [-0.1, -0.05) is 54.1 Å². The number of carbonyl (C=O) groups excluding carboxylic acids is 1. The highest BCUT2D eigenvalue weighted by Crippen LogP contribution is 2.38. The van der Waals surface area contributed by atoms with Gasteiger partial charge in [0.15, 0.2) is 0 Å². The van der Waals surface area contributed by atoms with E-state index >= 15 is 0 Å². The van der Waals surface area contributed by atoms with Crippen molar-refractivity contribution in [3.05, 3.63) is 95.1 Å². The standard InChI is InChI=1S/C28H28ClN2O/c29-26-8-4-7-23(16-26)22-11-13-27(14-12-22)31(19-20-9-10-20)28(32)25-15-24(17-30-18-25)21-5-2-1-3-6-21/h1-8,15-18,20,27H,9-14,19H2. The third-order valence-corrected chi connectivity index (χ3v) is 6.97. The van der Waals surface area contributed by atoms with Crippen LogP contribution in [-0.4, -0.2) is 28.4 Å². The van der Waals surface area contributed by atoms with Crippen LogP contribution in [0.5, 0.6) is 0 Å². The predicted molar refractivity (Wildman–Crippen MR) is 129 cm³/mol. The SMILES string of the molecule is O=C(c1cncc(-c2ccccc2)c1)N(CC1CC1)C1CC[C](c2cccc(Cl)c2)CC1. The molecule has 2 aliphatic rings. The van der Waals surface area contributed by atoms with E-state index in [1.807, 2.05) is 42.6 Å². The molecule has 1 amide bonds. The summed E-state index contributed by atoms with van der Waals surface area (Å²) in [6, 6.07) is 20.6. The van der Waals surface area contributed by atoms with E-state index in [0.29, 0.717) is 11.5 Å². The van der Waals surface area contributed by atoms with Crippen molar-refractivity contribution >= 4 is 17.5 Å². The third-order valence-electron chi connectivity index (χ3n) is 6.74. The van der Waals surface area contributed by atoms with Gasteiger partial charge in [-0.2, -0.15) is 0 Å². The van der Waals surface area contributed by atoms with Gasteiger partial charge in [0.25, 0.3) is 5.91 Å². The summed E-state index contributed by atoms with van der Waals surface area (Å²) in [5, 5.41) is 0.786. The van der Waals surface area contributed by atoms with Crippen molar-refractivity contribution in [1.29, 1.82) is 0 Å². The third kappa shape index (κ3) is 4.88. The summed E-state index contributed by atoms with van der Waals surface area (Å²) in [7, 11) is 0. The number of carbonyl (C=O) groups is 1. The first kappa shape index (κ1) is 21.2. The Balaban J connectivity index is 1.32. The molecule has 2 aromatic carbocycles. The first-order valence-corrected chi connectivity index (χ1v) is 12.0. The van der Waals surface area contributed by atoms with Gasteiger partial charge in [-0.15, -0.1) is 0 Å². The van der Waals surface area contributed by atoms with Crippen molar-refractivity contribution in [3.8, 4) is 11.1 Å². The first-order chi connectivity index (χ1) is 15.7. The molecule has 1 heterocycles. The normalized spacial score (nSPS) is 17.3. The van der Waals surface area contributed by atoms with E-state index in [1.54, 1.807) is 6.20 Å². The quantitative estimate of drug-likeness (QED) is 0.418. The fourth-order valence-corrected chi connectivity index (χ4v) is 4.94. The minimum Gasteiger partial charge on any atom is -0.335 e. The molecule has 0 bridgehead atoms. The zero-order chi connectivity index (χ0) is 21.9. The Bertz CT molecular complexity index is 1070. The van der Waals surface area contributed by atoms with Crippen molar-refractivity contribution in [2.45, 2.75) is 44.6 Å². The number of amides is 1. The van der Waals surface area contributed by atoms with Crippen molar-refractivity contribution in [2.24, 2.45) is 5.92 Å². The molecule has 1 radical (unpaired) electrons. The predicted octanol–water partition coefficient (Wildman–Crippen LogP) is 6.82. The Labute approximate surface area is 195 Å². The minimum absolute atomic E-state index is 0.124. The number of aromatic nitrogens is 1. The van der Waals surface area contributed by atoms with E-state index in [9.17, 15) is 4.79 Å². The molecule has 1 aromatic heterocycles. The number of pyridine rings is 1. The summed E-state index contributed by atoms with van der Waals surface area (Å²) < 4.78 is 0. The van der Waals surface area contributed by atoms with Gasteiger partial charge in [0.2, 0.25) is 0 Å². The molecule has 32 heavy (non-hydrogen) atoms. The fraction of sp³-hybridized carbons (Fsp3) is 0.321. The van der Waals surface area contributed by atoms with E-state index < -0.39 is 0 Å². The fourth-order valence-electron chi connectivity index (χ4n) is 4.75. The van der Waals surface area contributed by atoms with Crippen molar-refractivity contribution in [3.63, 3.8) is 0 Å². The van der Waals surface area contributed by atoms with Crippen LogP contribution in [0.1, 0.15) is 54.4 Å². The Kier molecular flexibility index (Phi) is 6.27. The summed E-state index contributed by atoms with van der Waals surface area (Å²) in [4.78, 5) is 20.2. The van der Waals surface area contributed by atoms with Crippen molar-refractivity contribution in [1.82, 2.24) is 9.88 Å². The van der Waals surface area contributed by atoms with Gasteiger partial charge in [-0.05, 0) is 73.8 Å².